The van der Waals surface area contributed by atoms with Crippen LogP contribution in [0, 0.1) is 0 Å². The van der Waals surface area contributed by atoms with Crippen molar-refractivity contribution < 1.29 is 14.3 Å². The average Bonchev–Trinajstić information content (AvgIpc) is 2.94. The van der Waals surface area contributed by atoms with Gasteiger partial charge < -0.3 is 14.0 Å². The second-order valence-electron chi connectivity index (χ2n) is 9.18. The topological polar surface area (TPSA) is 53.4 Å². The summed E-state index contributed by atoms with van der Waals surface area (Å²) in [5.74, 6) is 0.289. The van der Waals surface area contributed by atoms with Crippen LogP contribution >= 0.6 is 0 Å². The van der Waals surface area contributed by atoms with Gasteiger partial charge in [0.2, 0.25) is 0 Å². The summed E-state index contributed by atoms with van der Waals surface area (Å²) in [6, 6.07) is 18.6. The van der Waals surface area contributed by atoms with Crippen molar-refractivity contribution in [2.45, 2.75) is 58.6 Å². The first-order chi connectivity index (χ1) is 16.0. The van der Waals surface area contributed by atoms with Gasteiger partial charge >= 0.3 is 5.97 Å². The Morgan fingerprint density at radius 3 is 2.76 bits per heavy atom. The molecule has 1 aliphatic rings. The molecule has 5 nitrogen and oxygen atoms in total. The van der Waals surface area contributed by atoms with E-state index in [1.807, 2.05) is 18.2 Å². The van der Waals surface area contributed by atoms with E-state index in [9.17, 15) is 4.79 Å². The number of carbonyl (C=O) groups is 1. The smallest absolute Gasteiger partial charge is 0.349 e. The molecule has 0 radical (unpaired) electrons. The van der Waals surface area contributed by atoms with Gasteiger partial charge in [0.1, 0.15) is 5.75 Å². The Kier molecular flexibility index (Phi) is 5.57. The molecule has 33 heavy (non-hydrogen) atoms. The Labute approximate surface area is 194 Å². The SMILES string of the molecule is CCOC(=O)C(C)(C)Oc1ccc2c(c1)c(-c1ccc3ccccc3n1)c1n2CCCCC1. The van der Waals surface area contributed by atoms with Crippen LogP contribution in [-0.2, 0) is 22.5 Å². The van der Waals surface area contributed by atoms with E-state index in [2.05, 4.69) is 41.0 Å². The summed E-state index contributed by atoms with van der Waals surface area (Å²) >= 11 is 0. The van der Waals surface area contributed by atoms with Crippen molar-refractivity contribution in [1.82, 2.24) is 9.55 Å². The fourth-order valence-electron chi connectivity index (χ4n) is 4.84. The Morgan fingerprint density at radius 2 is 1.91 bits per heavy atom. The predicted molar refractivity (Wildman–Crippen MR) is 132 cm³/mol. The van der Waals surface area contributed by atoms with Gasteiger partial charge in [-0.1, -0.05) is 30.7 Å². The quantitative estimate of drug-likeness (QED) is 0.340. The minimum absolute atomic E-state index is 0.328. The molecule has 0 aliphatic carbocycles. The average molecular weight is 443 g/mol. The molecule has 5 heteroatoms. The normalized spacial score (nSPS) is 14.2. The highest BCUT2D eigenvalue weighted by Gasteiger charge is 2.32. The summed E-state index contributed by atoms with van der Waals surface area (Å²) in [5, 5.41) is 2.25. The van der Waals surface area contributed by atoms with E-state index < -0.39 is 5.60 Å². The van der Waals surface area contributed by atoms with E-state index in [-0.39, 0.29) is 5.97 Å². The zero-order valence-corrected chi connectivity index (χ0v) is 19.6. The van der Waals surface area contributed by atoms with Gasteiger partial charge in [0.25, 0.3) is 0 Å². The van der Waals surface area contributed by atoms with Gasteiger partial charge in [0.15, 0.2) is 5.60 Å². The van der Waals surface area contributed by atoms with Gasteiger partial charge in [-0.3, -0.25) is 0 Å². The number of hydrogen-bond donors (Lipinski definition) is 0. The lowest BCUT2D eigenvalue weighted by atomic mass is 10.0. The van der Waals surface area contributed by atoms with E-state index in [1.165, 1.54) is 36.0 Å². The van der Waals surface area contributed by atoms with Crippen molar-refractivity contribution >= 4 is 27.8 Å². The molecule has 0 spiro atoms. The van der Waals surface area contributed by atoms with Crippen molar-refractivity contribution in [3.63, 3.8) is 0 Å². The van der Waals surface area contributed by atoms with Crippen LogP contribution in [-0.4, -0.2) is 27.7 Å². The maximum atomic E-state index is 12.4. The molecule has 1 aliphatic heterocycles. The fourth-order valence-corrected chi connectivity index (χ4v) is 4.84. The highest BCUT2D eigenvalue weighted by molar-refractivity contribution is 5.99. The number of aromatic nitrogens is 2. The highest BCUT2D eigenvalue weighted by atomic mass is 16.6. The number of fused-ring (bicyclic) bond motifs is 4. The summed E-state index contributed by atoms with van der Waals surface area (Å²) in [6.45, 7) is 6.63. The molecule has 5 rings (SSSR count). The molecule has 0 bridgehead atoms. The molecule has 0 atom stereocenters. The van der Waals surface area contributed by atoms with Crippen LogP contribution in [0.4, 0.5) is 0 Å². The number of pyridine rings is 1. The Bertz CT molecular complexity index is 1340. The third-order valence-electron chi connectivity index (χ3n) is 6.43. The maximum Gasteiger partial charge on any atom is 0.349 e. The zero-order valence-electron chi connectivity index (χ0n) is 19.6. The van der Waals surface area contributed by atoms with Crippen LogP contribution in [0.5, 0.6) is 5.75 Å². The maximum absolute atomic E-state index is 12.4. The summed E-state index contributed by atoms with van der Waals surface area (Å²) < 4.78 is 13.8. The van der Waals surface area contributed by atoms with E-state index in [0.29, 0.717) is 12.4 Å². The van der Waals surface area contributed by atoms with Crippen LogP contribution in [0.3, 0.4) is 0 Å². The van der Waals surface area contributed by atoms with Crippen LogP contribution in [0.25, 0.3) is 33.1 Å². The summed E-state index contributed by atoms with van der Waals surface area (Å²) in [4.78, 5) is 17.4. The van der Waals surface area contributed by atoms with Crippen LogP contribution in [0.2, 0.25) is 0 Å². The summed E-state index contributed by atoms with van der Waals surface area (Å²) in [6.07, 6.45) is 4.62. The number of hydrogen-bond acceptors (Lipinski definition) is 4. The largest absolute Gasteiger partial charge is 0.476 e. The van der Waals surface area contributed by atoms with Crippen molar-refractivity contribution in [1.29, 1.82) is 0 Å². The molecule has 2 aromatic carbocycles. The zero-order chi connectivity index (χ0) is 23.0. The molecule has 4 aromatic rings. The standard InChI is InChI=1S/C28H30N2O3/c1-4-32-27(31)28(2,3)33-20-14-16-24-21(18-20)26(25-12-6-5-9-17-30(24)25)23-15-13-19-10-7-8-11-22(19)29-23/h7-8,10-11,13-16,18H,4-6,9,12,17H2,1-3H3. The molecule has 0 fully saturated rings. The fraction of sp³-hybridized carbons (Fsp3) is 0.357. The van der Waals surface area contributed by atoms with Gasteiger partial charge in [-0.25, -0.2) is 9.78 Å². The van der Waals surface area contributed by atoms with Crippen molar-refractivity contribution in [3.8, 4) is 17.0 Å². The van der Waals surface area contributed by atoms with E-state index >= 15 is 0 Å². The minimum Gasteiger partial charge on any atom is -0.476 e. The Hall–Kier alpha value is -3.34. The number of rotatable bonds is 5. The lowest BCUT2D eigenvalue weighted by molar-refractivity contribution is -0.158. The van der Waals surface area contributed by atoms with Crippen LogP contribution in [0.15, 0.2) is 54.6 Å². The van der Waals surface area contributed by atoms with Crippen LogP contribution < -0.4 is 4.74 Å². The van der Waals surface area contributed by atoms with Gasteiger partial charge in [0.05, 0.1) is 17.8 Å². The first-order valence-corrected chi connectivity index (χ1v) is 11.9. The van der Waals surface area contributed by atoms with E-state index in [1.54, 1.807) is 20.8 Å². The molecule has 170 valence electrons. The van der Waals surface area contributed by atoms with Gasteiger partial charge in [-0.05, 0) is 70.4 Å². The number of ether oxygens (including phenoxy) is 2. The third kappa shape index (κ3) is 3.97. The molecule has 0 unspecified atom stereocenters. The van der Waals surface area contributed by atoms with E-state index in [4.69, 9.17) is 14.5 Å². The molecule has 3 heterocycles. The molecule has 2 aromatic heterocycles. The molecule has 0 saturated heterocycles. The Morgan fingerprint density at radius 1 is 1.06 bits per heavy atom. The number of benzene rings is 2. The number of nitrogens with zero attached hydrogens (tertiary/aromatic N) is 2. The Balaban J connectivity index is 1.66. The van der Waals surface area contributed by atoms with Gasteiger partial charge in [-0.15, -0.1) is 0 Å². The number of aryl methyl sites for hydroxylation is 1. The minimum atomic E-state index is -1.07. The first-order valence-electron chi connectivity index (χ1n) is 11.9. The number of esters is 1. The van der Waals surface area contributed by atoms with Crippen molar-refractivity contribution in [2.24, 2.45) is 0 Å². The first kappa shape index (κ1) is 21.5. The van der Waals surface area contributed by atoms with Crippen LogP contribution in [0.1, 0.15) is 45.7 Å². The van der Waals surface area contributed by atoms with Gasteiger partial charge in [0, 0.05) is 34.1 Å². The lowest BCUT2D eigenvalue weighted by Crippen LogP contribution is -2.39. The molecular weight excluding hydrogens is 412 g/mol. The molecule has 0 N–H and O–H groups in total. The monoisotopic (exact) mass is 442 g/mol. The molecule has 0 amide bonds. The second kappa shape index (κ2) is 8.54. The van der Waals surface area contributed by atoms with Gasteiger partial charge in [-0.2, -0.15) is 0 Å². The number of carbonyl (C=O) groups excluding carboxylic acids is 1. The summed E-state index contributed by atoms with van der Waals surface area (Å²) in [5.41, 5.74) is 4.62. The molecule has 0 saturated carbocycles. The third-order valence-corrected chi connectivity index (χ3v) is 6.43. The number of para-hydroxylation sites is 1. The highest BCUT2D eigenvalue weighted by Crippen LogP contribution is 2.39. The lowest BCUT2D eigenvalue weighted by Gasteiger charge is -2.24. The predicted octanol–water partition coefficient (Wildman–Crippen LogP) is 6.30. The summed E-state index contributed by atoms with van der Waals surface area (Å²) in [7, 11) is 0. The second-order valence-corrected chi connectivity index (χ2v) is 9.18. The van der Waals surface area contributed by atoms with Crippen molar-refractivity contribution in [3.05, 3.63) is 60.3 Å². The van der Waals surface area contributed by atoms with E-state index in [0.717, 1.165) is 34.9 Å². The van der Waals surface area contributed by atoms with Crippen molar-refractivity contribution in [2.75, 3.05) is 6.61 Å². The molecular formula is C28H30N2O3.